The third-order valence-corrected chi connectivity index (χ3v) is 7.12. The van der Waals surface area contributed by atoms with E-state index >= 15 is 0 Å². The van der Waals surface area contributed by atoms with E-state index < -0.39 is 12.2 Å². The van der Waals surface area contributed by atoms with Gasteiger partial charge in [-0.1, -0.05) is 0 Å². The third-order valence-electron chi connectivity index (χ3n) is 5.01. The molecule has 0 bridgehead atoms. The minimum Gasteiger partial charge on any atom is -0.287 e. The first-order valence-corrected chi connectivity index (χ1v) is 10.9. The molecular formula is C18H16F2N6OS2. The van der Waals surface area contributed by atoms with E-state index in [2.05, 4.69) is 15.3 Å². The highest BCUT2D eigenvalue weighted by Crippen LogP contribution is 2.35. The van der Waals surface area contributed by atoms with Gasteiger partial charge in [0.2, 0.25) is 5.82 Å². The second-order valence-corrected chi connectivity index (χ2v) is 8.81. The summed E-state index contributed by atoms with van der Waals surface area (Å²) >= 11 is 2.76. The lowest BCUT2D eigenvalue weighted by Crippen LogP contribution is -2.23. The molecule has 0 saturated heterocycles. The molecule has 11 heteroatoms. The molecule has 0 N–H and O–H groups in total. The summed E-state index contributed by atoms with van der Waals surface area (Å²) in [7, 11) is 0. The first-order chi connectivity index (χ1) is 14.1. The van der Waals surface area contributed by atoms with Crippen LogP contribution in [0.4, 0.5) is 8.78 Å². The van der Waals surface area contributed by atoms with Gasteiger partial charge in [-0.25, -0.2) is 13.8 Å². The number of fused-ring (bicyclic) bond motifs is 4. The quantitative estimate of drug-likeness (QED) is 0.454. The Labute approximate surface area is 171 Å². The molecule has 0 atom stereocenters. The fraction of sp³-hybridized carbons (Fsp3) is 0.389. The van der Waals surface area contributed by atoms with Gasteiger partial charge < -0.3 is 0 Å². The summed E-state index contributed by atoms with van der Waals surface area (Å²) < 4.78 is 28.9. The van der Waals surface area contributed by atoms with Crippen molar-refractivity contribution >= 4 is 39.0 Å². The SMILES string of the molecule is CCn1c(Sc2ccc3nnc(C(F)F)n3n2)nc2sc3c(c2c1=O)CCCC3. The minimum absolute atomic E-state index is 0.0435. The van der Waals surface area contributed by atoms with E-state index in [0.717, 1.165) is 46.0 Å². The van der Waals surface area contributed by atoms with Crippen LogP contribution in [0.3, 0.4) is 0 Å². The van der Waals surface area contributed by atoms with Crippen molar-refractivity contribution in [3.8, 4) is 0 Å². The van der Waals surface area contributed by atoms with E-state index in [1.807, 2.05) is 6.92 Å². The highest BCUT2D eigenvalue weighted by Gasteiger charge is 2.23. The van der Waals surface area contributed by atoms with Gasteiger partial charge in [0.15, 0.2) is 10.8 Å². The molecule has 0 unspecified atom stereocenters. The average Bonchev–Trinajstić information content (AvgIpc) is 3.29. The maximum absolute atomic E-state index is 13.2. The number of thiophene rings is 1. The first kappa shape index (κ1) is 18.6. The van der Waals surface area contributed by atoms with Gasteiger partial charge in [0.05, 0.1) is 5.39 Å². The Bertz CT molecular complexity index is 1300. The summed E-state index contributed by atoms with van der Waals surface area (Å²) in [5.41, 5.74) is 1.35. The van der Waals surface area contributed by atoms with Crippen LogP contribution in [0.15, 0.2) is 27.1 Å². The lowest BCUT2D eigenvalue weighted by atomic mass is 9.97. The number of aryl methyl sites for hydroxylation is 2. The summed E-state index contributed by atoms with van der Waals surface area (Å²) in [6.07, 6.45) is 1.37. The van der Waals surface area contributed by atoms with Crippen molar-refractivity contribution in [3.05, 3.63) is 38.8 Å². The zero-order valence-corrected chi connectivity index (χ0v) is 17.1. The Morgan fingerprint density at radius 2 is 2.07 bits per heavy atom. The summed E-state index contributed by atoms with van der Waals surface area (Å²) in [6, 6.07) is 3.24. The number of halogens is 2. The molecule has 0 amide bonds. The second kappa shape index (κ2) is 7.13. The third kappa shape index (κ3) is 3.03. The summed E-state index contributed by atoms with van der Waals surface area (Å²) in [6.45, 7) is 2.36. The molecule has 5 rings (SSSR count). The van der Waals surface area contributed by atoms with Crippen molar-refractivity contribution in [1.29, 1.82) is 0 Å². The first-order valence-electron chi connectivity index (χ1n) is 9.30. The highest BCUT2D eigenvalue weighted by molar-refractivity contribution is 7.99. The monoisotopic (exact) mass is 434 g/mol. The van der Waals surface area contributed by atoms with Crippen LogP contribution in [0.5, 0.6) is 0 Å². The standard InChI is InChI=1S/C18H16F2N6OS2/c1-2-25-17(27)13-9-5-3-4-6-10(9)28-16(13)21-18(25)29-12-8-7-11-22-23-15(14(19)20)26(11)24-12/h7-8,14H,2-6H2,1H3. The van der Waals surface area contributed by atoms with Crippen molar-refractivity contribution < 1.29 is 8.78 Å². The van der Waals surface area contributed by atoms with Gasteiger partial charge in [0.25, 0.3) is 12.0 Å². The second-order valence-electron chi connectivity index (χ2n) is 6.74. The fourth-order valence-electron chi connectivity index (χ4n) is 3.65. The van der Waals surface area contributed by atoms with E-state index in [1.54, 1.807) is 28.0 Å². The smallest absolute Gasteiger partial charge is 0.287 e. The highest BCUT2D eigenvalue weighted by atomic mass is 32.2. The van der Waals surface area contributed by atoms with Crippen LogP contribution in [0.1, 0.15) is 42.5 Å². The van der Waals surface area contributed by atoms with Crippen molar-refractivity contribution in [2.75, 3.05) is 0 Å². The van der Waals surface area contributed by atoms with Gasteiger partial charge >= 0.3 is 0 Å². The maximum Gasteiger partial charge on any atom is 0.299 e. The van der Waals surface area contributed by atoms with E-state index in [0.29, 0.717) is 16.7 Å². The molecule has 1 aliphatic carbocycles. The molecule has 1 aliphatic rings. The molecule has 0 saturated carbocycles. The normalized spacial score (nSPS) is 14.2. The Morgan fingerprint density at radius 3 is 2.86 bits per heavy atom. The Hall–Kier alpha value is -2.40. The predicted molar refractivity (Wildman–Crippen MR) is 106 cm³/mol. The molecule has 4 aromatic heterocycles. The van der Waals surface area contributed by atoms with Gasteiger partial charge in [-0.3, -0.25) is 9.36 Å². The van der Waals surface area contributed by atoms with Crippen molar-refractivity contribution in [2.24, 2.45) is 0 Å². The van der Waals surface area contributed by atoms with Crippen LogP contribution in [0.25, 0.3) is 15.9 Å². The van der Waals surface area contributed by atoms with Gasteiger partial charge in [-0.2, -0.15) is 9.61 Å². The lowest BCUT2D eigenvalue weighted by Gasteiger charge is -2.12. The van der Waals surface area contributed by atoms with Crippen molar-refractivity contribution in [2.45, 2.75) is 55.8 Å². The number of hydrogen-bond donors (Lipinski definition) is 0. The van der Waals surface area contributed by atoms with Crippen LogP contribution in [-0.4, -0.2) is 29.4 Å². The zero-order chi connectivity index (χ0) is 20.1. The lowest BCUT2D eigenvalue weighted by molar-refractivity contribution is 0.137. The van der Waals surface area contributed by atoms with Crippen LogP contribution >= 0.6 is 23.1 Å². The molecule has 0 radical (unpaired) electrons. The van der Waals surface area contributed by atoms with E-state index in [4.69, 9.17) is 4.98 Å². The molecule has 4 heterocycles. The molecule has 0 fully saturated rings. The Balaban J connectivity index is 1.62. The van der Waals surface area contributed by atoms with Gasteiger partial charge in [-0.15, -0.1) is 21.5 Å². The van der Waals surface area contributed by atoms with E-state index in [9.17, 15) is 13.6 Å². The number of nitrogens with zero attached hydrogens (tertiary/aromatic N) is 6. The van der Waals surface area contributed by atoms with E-state index in [-0.39, 0.29) is 11.2 Å². The van der Waals surface area contributed by atoms with Crippen LogP contribution < -0.4 is 5.56 Å². The molecule has 4 aromatic rings. The van der Waals surface area contributed by atoms with Crippen LogP contribution in [0, 0.1) is 0 Å². The zero-order valence-electron chi connectivity index (χ0n) is 15.4. The summed E-state index contributed by atoms with van der Waals surface area (Å²) in [5.74, 6) is -0.510. The maximum atomic E-state index is 13.2. The fourth-order valence-corrected chi connectivity index (χ4v) is 5.86. The number of aromatic nitrogens is 6. The van der Waals surface area contributed by atoms with Gasteiger partial charge in [0, 0.05) is 11.4 Å². The molecule has 150 valence electrons. The molecule has 0 spiro atoms. The molecule has 7 nitrogen and oxygen atoms in total. The molecular weight excluding hydrogens is 418 g/mol. The number of hydrogen-bond acceptors (Lipinski definition) is 7. The van der Waals surface area contributed by atoms with E-state index in [1.165, 1.54) is 16.6 Å². The Morgan fingerprint density at radius 1 is 1.24 bits per heavy atom. The van der Waals surface area contributed by atoms with Crippen LogP contribution in [-0.2, 0) is 19.4 Å². The molecule has 0 aromatic carbocycles. The summed E-state index contributed by atoms with van der Waals surface area (Å²) in [5, 5.41) is 13.1. The average molecular weight is 434 g/mol. The number of rotatable bonds is 4. The molecule has 29 heavy (non-hydrogen) atoms. The largest absolute Gasteiger partial charge is 0.299 e. The summed E-state index contributed by atoms with van der Waals surface area (Å²) in [4.78, 5) is 19.9. The van der Waals surface area contributed by atoms with Gasteiger partial charge in [0.1, 0.15) is 9.86 Å². The van der Waals surface area contributed by atoms with Gasteiger partial charge in [-0.05, 0) is 62.1 Å². The topological polar surface area (TPSA) is 78.0 Å². The molecule has 0 aliphatic heterocycles. The minimum atomic E-state index is -2.78. The predicted octanol–water partition coefficient (Wildman–Crippen LogP) is 3.88. The number of alkyl halides is 2. The van der Waals surface area contributed by atoms with Crippen molar-refractivity contribution in [3.63, 3.8) is 0 Å². The van der Waals surface area contributed by atoms with Crippen molar-refractivity contribution in [1.82, 2.24) is 29.4 Å². The van der Waals surface area contributed by atoms with Crippen LogP contribution in [0.2, 0.25) is 0 Å². The Kier molecular flexibility index (Phi) is 4.58.